The van der Waals surface area contributed by atoms with Crippen LogP contribution in [0.1, 0.15) is 5.56 Å². The summed E-state index contributed by atoms with van der Waals surface area (Å²) in [5, 5.41) is 3.09. The number of hydrogen-bond donors (Lipinski definition) is 0. The number of fused-ring (bicyclic) bond motifs is 3. The number of halogens is 1. The topological polar surface area (TPSA) is 23.4 Å². The molecule has 7 aromatic rings. The van der Waals surface area contributed by atoms with E-state index in [-0.39, 0.29) is 0 Å². The maximum absolute atomic E-state index is 5.58. The summed E-state index contributed by atoms with van der Waals surface area (Å²) < 4.78 is 13.5. The van der Waals surface area contributed by atoms with Crippen LogP contribution in [0.5, 0.6) is 11.5 Å². The molecule has 0 atom stereocenters. The fourth-order valence-electron chi connectivity index (χ4n) is 6.54. The van der Waals surface area contributed by atoms with Crippen molar-refractivity contribution in [3.63, 3.8) is 0 Å². The summed E-state index contributed by atoms with van der Waals surface area (Å²) in [4.78, 5) is 0. The predicted octanol–water partition coefficient (Wildman–Crippen LogP) is 9.14. The number of benzene rings is 6. The summed E-state index contributed by atoms with van der Waals surface area (Å²) >= 11 is 4.61. The number of ether oxygens (including phenoxy) is 2. The normalized spacial score (nSPS) is 12.6. The molecule has 0 aliphatic heterocycles. The molecule has 1 aromatic heterocycles. The Morgan fingerprint density at radius 3 is 1.32 bits per heavy atom. The molecule has 0 N–H and O–H groups in total. The van der Waals surface area contributed by atoms with E-state index in [0.717, 1.165) is 45.2 Å². The molecule has 0 saturated carbocycles. The first-order valence-electron chi connectivity index (χ1n) is 14.7. The Morgan fingerprint density at radius 2 is 0.932 bits per heavy atom. The zero-order valence-corrected chi connectivity index (χ0v) is 27.2. The molecule has 0 unspecified atom stereocenters. The standard InChI is InChI=1S/C39H33BrNO2P/c1-42-31-22-24-38-36(26-31)37-27-32(43-2)23-25-39(37)41(38)30-20-18-29(19-21-30)28-44(40,33-12-6-3-7-13-33,34-14-8-4-9-15-34)35-16-10-5-11-17-35/h3-27H,28H2,1-2H3. The molecule has 0 aliphatic rings. The first-order valence-corrected chi connectivity index (χ1v) is 19.1. The van der Waals surface area contributed by atoms with E-state index in [1.165, 1.54) is 21.5 Å². The van der Waals surface area contributed by atoms with Gasteiger partial charge in [0.05, 0.1) is 0 Å². The zero-order chi connectivity index (χ0) is 30.2. The molecule has 0 bridgehead atoms. The predicted molar refractivity (Wildman–Crippen MR) is 192 cm³/mol. The molecule has 218 valence electrons. The Labute approximate surface area is 266 Å². The number of hydrogen-bond acceptors (Lipinski definition) is 2. The molecule has 6 aromatic carbocycles. The molecule has 1 heterocycles. The average Bonchev–Trinajstić information content (AvgIpc) is 3.42. The van der Waals surface area contributed by atoms with Gasteiger partial charge in [0.1, 0.15) is 0 Å². The first-order chi connectivity index (χ1) is 21.5. The Balaban J connectivity index is 1.40. The van der Waals surface area contributed by atoms with Gasteiger partial charge in [-0.15, -0.1) is 0 Å². The van der Waals surface area contributed by atoms with Crippen LogP contribution in [0.2, 0.25) is 0 Å². The number of nitrogens with zero attached hydrogens (tertiary/aromatic N) is 1. The van der Waals surface area contributed by atoms with Gasteiger partial charge in [-0.3, -0.25) is 0 Å². The van der Waals surface area contributed by atoms with Crippen LogP contribution in [0.15, 0.2) is 152 Å². The molecule has 7 rings (SSSR count). The molecule has 0 amide bonds. The van der Waals surface area contributed by atoms with E-state index in [1.807, 2.05) is 12.1 Å². The van der Waals surface area contributed by atoms with E-state index < -0.39 is 5.31 Å². The number of rotatable bonds is 8. The van der Waals surface area contributed by atoms with Gasteiger partial charge in [-0.25, -0.2) is 0 Å². The van der Waals surface area contributed by atoms with Gasteiger partial charge in [-0.2, -0.15) is 0 Å². The quantitative estimate of drug-likeness (QED) is 0.152. The first kappa shape index (κ1) is 28.4. The van der Waals surface area contributed by atoms with Crippen LogP contribution in [0.3, 0.4) is 0 Å². The second kappa shape index (κ2) is 11.3. The minimum atomic E-state index is -3.10. The van der Waals surface area contributed by atoms with Gasteiger partial charge >= 0.3 is 267 Å². The molecule has 44 heavy (non-hydrogen) atoms. The summed E-state index contributed by atoms with van der Waals surface area (Å²) in [5.41, 5.74) is 4.63. The number of methoxy groups -OCH3 is 2. The number of aromatic nitrogens is 1. The van der Waals surface area contributed by atoms with Crippen molar-refractivity contribution in [3.8, 4) is 17.2 Å². The van der Waals surface area contributed by atoms with Crippen LogP contribution >= 0.6 is 20.8 Å². The van der Waals surface area contributed by atoms with Crippen molar-refractivity contribution in [2.24, 2.45) is 0 Å². The zero-order valence-electron chi connectivity index (χ0n) is 24.7. The van der Waals surface area contributed by atoms with Gasteiger partial charge < -0.3 is 0 Å². The molecule has 0 fully saturated rings. The Hall–Kier alpha value is -4.37. The fourth-order valence-corrected chi connectivity index (χ4v) is 14.3. The van der Waals surface area contributed by atoms with Crippen LogP contribution in [-0.4, -0.2) is 18.8 Å². The molecule has 3 nitrogen and oxygen atoms in total. The van der Waals surface area contributed by atoms with Crippen molar-refractivity contribution in [3.05, 3.63) is 157 Å². The molecule has 5 heteroatoms. The van der Waals surface area contributed by atoms with E-state index >= 15 is 0 Å². The van der Waals surface area contributed by atoms with Gasteiger partial charge in [-0.1, -0.05) is 0 Å². The van der Waals surface area contributed by atoms with Crippen LogP contribution in [0.4, 0.5) is 0 Å². The van der Waals surface area contributed by atoms with E-state index in [1.54, 1.807) is 14.2 Å². The minimum absolute atomic E-state index is 0.834. The van der Waals surface area contributed by atoms with E-state index in [0.29, 0.717) is 0 Å². The fraction of sp³-hybridized carbons (Fsp3) is 0.0769. The third-order valence-electron chi connectivity index (χ3n) is 8.74. The van der Waals surface area contributed by atoms with E-state index in [9.17, 15) is 0 Å². The second-order valence-corrected chi connectivity index (χ2v) is 20.0. The van der Waals surface area contributed by atoms with Crippen molar-refractivity contribution in [2.45, 2.75) is 6.16 Å². The average molecular weight is 659 g/mol. The van der Waals surface area contributed by atoms with Gasteiger partial charge in [0.25, 0.3) is 0 Å². The van der Waals surface area contributed by atoms with Crippen molar-refractivity contribution in [1.82, 2.24) is 4.57 Å². The van der Waals surface area contributed by atoms with Crippen LogP contribution in [0, 0.1) is 0 Å². The van der Waals surface area contributed by atoms with Gasteiger partial charge in [0.2, 0.25) is 0 Å². The van der Waals surface area contributed by atoms with Crippen LogP contribution < -0.4 is 25.4 Å². The summed E-state index contributed by atoms with van der Waals surface area (Å²) in [6, 6.07) is 54.5. The molecule has 0 saturated heterocycles. The van der Waals surface area contributed by atoms with Gasteiger partial charge in [0.15, 0.2) is 0 Å². The third-order valence-corrected chi connectivity index (χ3v) is 18.3. The monoisotopic (exact) mass is 657 g/mol. The van der Waals surface area contributed by atoms with Crippen molar-refractivity contribution in [1.29, 1.82) is 0 Å². The van der Waals surface area contributed by atoms with Gasteiger partial charge in [-0.05, 0) is 0 Å². The summed E-state index contributed by atoms with van der Waals surface area (Å²) in [5.74, 6) is 1.67. The van der Waals surface area contributed by atoms with Crippen LogP contribution in [0.25, 0.3) is 27.5 Å². The Bertz CT molecular complexity index is 1910. The maximum atomic E-state index is 5.58. The third kappa shape index (κ3) is 4.53. The summed E-state index contributed by atoms with van der Waals surface area (Å²) in [6.45, 7) is 0. The van der Waals surface area contributed by atoms with Gasteiger partial charge in [0, 0.05) is 0 Å². The van der Waals surface area contributed by atoms with E-state index in [4.69, 9.17) is 9.47 Å². The molecular weight excluding hydrogens is 625 g/mol. The molecule has 0 radical (unpaired) electrons. The van der Waals surface area contributed by atoms with Crippen molar-refractivity contribution in [2.75, 3.05) is 14.2 Å². The van der Waals surface area contributed by atoms with Crippen molar-refractivity contribution < 1.29 is 9.47 Å². The Morgan fingerprint density at radius 1 is 0.523 bits per heavy atom. The molecular formula is C39H33BrNO2P. The van der Waals surface area contributed by atoms with Crippen LogP contribution in [-0.2, 0) is 6.16 Å². The summed E-state index contributed by atoms with van der Waals surface area (Å²) in [6.07, 6.45) is 0.839. The summed E-state index contributed by atoms with van der Waals surface area (Å²) in [7, 11) is 3.42. The second-order valence-electron chi connectivity index (χ2n) is 11.1. The SMILES string of the molecule is COc1ccc2c(c1)c1cc(OC)ccc1n2-c1ccc(CP(Br)(c2ccccc2)(c2ccccc2)c2ccccc2)cc1. The van der Waals surface area contributed by atoms with E-state index in [2.05, 4.69) is 160 Å². The van der Waals surface area contributed by atoms with Crippen molar-refractivity contribution >= 4 is 58.5 Å². The molecule has 0 aliphatic carbocycles. The Kier molecular flexibility index (Phi) is 7.28. The molecule has 0 spiro atoms.